The SMILES string of the molecule is C#CCOc1nc(NC)ccc1[N+](=O)[O-]. The quantitative estimate of drug-likeness (QED) is 0.453. The molecule has 1 rings (SSSR count). The van der Waals surface area contributed by atoms with Gasteiger partial charge in [-0.2, -0.15) is 4.98 Å². The zero-order valence-electron chi connectivity index (χ0n) is 8.06. The first-order chi connectivity index (χ1) is 7.19. The van der Waals surface area contributed by atoms with Gasteiger partial charge in [0.05, 0.1) is 4.92 Å². The van der Waals surface area contributed by atoms with E-state index in [1.807, 2.05) is 0 Å². The van der Waals surface area contributed by atoms with Crippen LogP contribution in [0.15, 0.2) is 12.1 Å². The van der Waals surface area contributed by atoms with Gasteiger partial charge in [0.2, 0.25) is 0 Å². The molecule has 6 nitrogen and oxygen atoms in total. The second kappa shape index (κ2) is 4.81. The van der Waals surface area contributed by atoms with Crippen LogP contribution in [0.3, 0.4) is 0 Å². The van der Waals surface area contributed by atoms with Gasteiger partial charge in [0.25, 0.3) is 5.88 Å². The molecular formula is C9H9N3O3. The maximum Gasteiger partial charge on any atom is 0.331 e. The summed E-state index contributed by atoms with van der Waals surface area (Å²) in [5.74, 6) is 2.61. The fourth-order valence-electron chi connectivity index (χ4n) is 0.928. The highest BCUT2D eigenvalue weighted by atomic mass is 16.6. The van der Waals surface area contributed by atoms with E-state index in [-0.39, 0.29) is 18.2 Å². The van der Waals surface area contributed by atoms with E-state index in [9.17, 15) is 10.1 Å². The second-order valence-electron chi connectivity index (χ2n) is 2.52. The van der Waals surface area contributed by atoms with Crippen LogP contribution in [-0.4, -0.2) is 23.6 Å². The monoisotopic (exact) mass is 207 g/mol. The van der Waals surface area contributed by atoms with Gasteiger partial charge in [-0.1, -0.05) is 5.92 Å². The predicted molar refractivity (Wildman–Crippen MR) is 54.8 cm³/mol. The zero-order valence-corrected chi connectivity index (χ0v) is 8.06. The van der Waals surface area contributed by atoms with Crippen LogP contribution in [0.4, 0.5) is 11.5 Å². The van der Waals surface area contributed by atoms with Gasteiger partial charge in [-0.3, -0.25) is 10.1 Å². The maximum atomic E-state index is 10.6. The molecule has 1 heterocycles. The highest BCUT2D eigenvalue weighted by molar-refractivity contribution is 5.48. The summed E-state index contributed by atoms with van der Waals surface area (Å²) in [5, 5.41) is 13.3. The van der Waals surface area contributed by atoms with Gasteiger partial charge in [0.1, 0.15) is 5.82 Å². The van der Waals surface area contributed by atoms with Crippen LogP contribution in [0.5, 0.6) is 5.88 Å². The van der Waals surface area contributed by atoms with E-state index in [2.05, 4.69) is 16.2 Å². The Bertz CT molecular complexity index is 412. The summed E-state index contributed by atoms with van der Waals surface area (Å²) >= 11 is 0. The summed E-state index contributed by atoms with van der Waals surface area (Å²) in [5.41, 5.74) is -0.204. The normalized spacial score (nSPS) is 9.07. The minimum atomic E-state index is -0.571. The minimum Gasteiger partial charge on any atom is -0.460 e. The summed E-state index contributed by atoms with van der Waals surface area (Å²) in [7, 11) is 1.65. The van der Waals surface area contributed by atoms with Crippen molar-refractivity contribution in [3.63, 3.8) is 0 Å². The predicted octanol–water partition coefficient (Wildman–Crippen LogP) is 1.04. The summed E-state index contributed by atoms with van der Waals surface area (Å²) in [6.45, 7) is -0.0546. The van der Waals surface area contributed by atoms with Gasteiger partial charge in [0.15, 0.2) is 6.61 Å². The average Bonchev–Trinajstić information content (AvgIpc) is 2.25. The molecule has 0 unspecified atom stereocenters. The van der Waals surface area contributed by atoms with Crippen LogP contribution >= 0.6 is 0 Å². The molecule has 0 bridgehead atoms. The maximum absolute atomic E-state index is 10.6. The van der Waals surface area contributed by atoms with E-state index in [1.54, 1.807) is 7.05 Å². The molecular weight excluding hydrogens is 198 g/mol. The van der Waals surface area contributed by atoms with Crippen LogP contribution in [0.1, 0.15) is 0 Å². The molecule has 0 aliphatic rings. The molecule has 0 saturated heterocycles. The van der Waals surface area contributed by atoms with Crippen LogP contribution in [0.2, 0.25) is 0 Å². The second-order valence-corrected chi connectivity index (χ2v) is 2.52. The number of terminal acetylenes is 1. The molecule has 0 saturated carbocycles. The van der Waals surface area contributed by atoms with E-state index in [4.69, 9.17) is 11.2 Å². The third-order valence-electron chi connectivity index (χ3n) is 1.59. The molecule has 0 aromatic carbocycles. The number of nitrogens with zero attached hydrogens (tertiary/aromatic N) is 2. The lowest BCUT2D eigenvalue weighted by Crippen LogP contribution is -2.02. The van der Waals surface area contributed by atoms with Crippen molar-refractivity contribution in [1.29, 1.82) is 0 Å². The molecule has 0 atom stereocenters. The Morgan fingerprint density at radius 1 is 1.73 bits per heavy atom. The van der Waals surface area contributed by atoms with E-state index in [0.29, 0.717) is 5.82 Å². The first kappa shape index (κ1) is 10.8. The van der Waals surface area contributed by atoms with Gasteiger partial charge in [-0.15, -0.1) is 6.42 Å². The van der Waals surface area contributed by atoms with Crippen molar-refractivity contribution in [2.75, 3.05) is 19.0 Å². The van der Waals surface area contributed by atoms with Crippen molar-refractivity contribution in [3.8, 4) is 18.2 Å². The number of ether oxygens (including phenoxy) is 1. The summed E-state index contributed by atoms with van der Waals surface area (Å²) in [4.78, 5) is 13.9. The summed E-state index contributed by atoms with van der Waals surface area (Å²) in [6.07, 6.45) is 4.98. The first-order valence-corrected chi connectivity index (χ1v) is 4.08. The molecule has 0 aliphatic carbocycles. The summed E-state index contributed by atoms with van der Waals surface area (Å²) in [6, 6.07) is 2.80. The van der Waals surface area contributed by atoms with E-state index < -0.39 is 4.92 Å². The molecule has 15 heavy (non-hydrogen) atoms. The molecule has 6 heteroatoms. The lowest BCUT2D eigenvalue weighted by atomic mass is 10.4. The van der Waals surface area contributed by atoms with Crippen LogP contribution in [-0.2, 0) is 0 Å². The Morgan fingerprint density at radius 2 is 2.47 bits per heavy atom. The molecule has 1 N–H and O–H groups in total. The lowest BCUT2D eigenvalue weighted by Gasteiger charge is -2.04. The number of nitrogens with one attached hydrogen (secondary N) is 1. The molecule has 0 amide bonds. The number of hydrogen-bond donors (Lipinski definition) is 1. The number of pyridine rings is 1. The van der Waals surface area contributed by atoms with Crippen molar-refractivity contribution >= 4 is 11.5 Å². The molecule has 78 valence electrons. The zero-order chi connectivity index (χ0) is 11.3. The topological polar surface area (TPSA) is 77.3 Å². The Labute approximate surface area is 86.4 Å². The number of aromatic nitrogens is 1. The minimum absolute atomic E-state index is 0.0546. The van der Waals surface area contributed by atoms with Crippen LogP contribution < -0.4 is 10.1 Å². The summed E-state index contributed by atoms with van der Waals surface area (Å²) < 4.78 is 4.96. The molecule has 0 radical (unpaired) electrons. The van der Waals surface area contributed by atoms with Crippen molar-refractivity contribution in [2.24, 2.45) is 0 Å². The highest BCUT2D eigenvalue weighted by Crippen LogP contribution is 2.25. The fraction of sp³-hybridized carbons (Fsp3) is 0.222. The Kier molecular flexibility index (Phi) is 3.46. The van der Waals surface area contributed by atoms with Crippen LogP contribution in [0.25, 0.3) is 0 Å². The van der Waals surface area contributed by atoms with Gasteiger partial charge in [-0.25, -0.2) is 0 Å². The third kappa shape index (κ3) is 2.57. The highest BCUT2D eigenvalue weighted by Gasteiger charge is 2.16. The number of hydrogen-bond acceptors (Lipinski definition) is 5. The fourth-order valence-corrected chi connectivity index (χ4v) is 0.928. The number of rotatable bonds is 4. The first-order valence-electron chi connectivity index (χ1n) is 4.08. The van der Waals surface area contributed by atoms with E-state index in [1.165, 1.54) is 12.1 Å². The third-order valence-corrected chi connectivity index (χ3v) is 1.59. The average molecular weight is 207 g/mol. The van der Waals surface area contributed by atoms with E-state index >= 15 is 0 Å². The van der Waals surface area contributed by atoms with Crippen molar-refractivity contribution in [1.82, 2.24) is 4.98 Å². The van der Waals surface area contributed by atoms with Gasteiger partial charge in [0, 0.05) is 13.1 Å². The number of anilines is 1. The Balaban J connectivity index is 3.06. The Morgan fingerprint density at radius 3 is 3.00 bits per heavy atom. The largest absolute Gasteiger partial charge is 0.460 e. The standard InChI is InChI=1S/C9H9N3O3/c1-3-6-15-9-7(12(13)14)4-5-8(10-2)11-9/h1,4-5H,6H2,2H3,(H,10,11). The lowest BCUT2D eigenvalue weighted by molar-refractivity contribution is -0.386. The molecule has 0 spiro atoms. The molecule has 0 fully saturated rings. The smallest absolute Gasteiger partial charge is 0.331 e. The molecule has 1 aromatic rings. The number of nitro groups is 1. The van der Waals surface area contributed by atoms with E-state index in [0.717, 1.165) is 0 Å². The van der Waals surface area contributed by atoms with Crippen LogP contribution in [0, 0.1) is 22.5 Å². The van der Waals surface area contributed by atoms with Crippen molar-refractivity contribution in [2.45, 2.75) is 0 Å². The van der Waals surface area contributed by atoms with Crippen molar-refractivity contribution in [3.05, 3.63) is 22.2 Å². The Hall–Kier alpha value is -2.29. The van der Waals surface area contributed by atoms with Gasteiger partial charge in [-0.05, 0) is 6.07 Å². The van der Waals surface area contributed by atoms with Crippen molar-refractivity contribution < 1.29 is 9.66 Å². The van der Waals surface area contributed by atoms with Gasteiger partial charge >= 0.3 is 5.69 Å². The van der Waals surface area contributed by atoms with Gasteiger partial charge < -0.3 is 10.1 Å². The molecule has 0 aliphatic heterocycles. The molecule has 1 aromatic heterocycles.